The van der Waals surface area contributed by atoms with E-state index in [1.807, 2.05) is 0 Å². The van der Waals surface area contributed by atoms with Gasteiger partial charge in [-0.05, 0) is 48.5 Å². The summed E-state index contributed by atoms with van der Waals surface area (Å²) in [6.45, 7) is -0.815. The molecule has 3 aromatic heterocycles. The van der Waals surface area contributed by atoms with Crippen LogP contribution in [0.3, 0.4) is 0 Å². The summed E-state index contributed by atoms with van der Waals surface area (Å²) in [7, 11) is 0. The summed E-state index contributed by atoms with van der Waals surface area (Å²) < 4.78 is 32.8. The third-order valence-electron chi connectivity index (χ3n) is 4.69. The molecule has 0 saturated heterocycles. The third kappa shape index (κ3) is 4.15. The standard InChI is InChI=1S/C22H16ClF2N5O2/c23-15-3-5-16(6-4-15)30-21-13(2-8-20(28-21)32-11-18(24)25)9-17(22(30)31)14-1-7-19(27)29(10-14)12-26/h1-10,12,18,26-27H,11H2. The number of benzene rings is 1. The first-order valence-corrected chi connectivity index (χ1v) is 9.76. The van der Waals surface area contributed by atoms with Gasteiger partial charge in [0.1, 0.15) is 5.49 Å². The largest absolute Gasteiger partial charge is 0.472 e. The highest BCUT2D eigenvalue weighted by atomic mass is 35.5. The van der Waals surface area contributed by atoms with Crippen molar-refractivity contribution in [1.82, 2.24) is 14.1 Å². The van der Waals surface area contributed by atoms with Crippen molar-refractivity contribution in [2.45, 2.75) is 6.43 Å². The summed E-state index contributed by atoms with van der Waals surface area (Å²) in [6, 6.07) is 14.3. The fraction of sp³-hybridized carbons (Fsp3) is 0.0909. The van der Waals surface area contributed by atoms with Crippen LogP contribution >= 0.6 is 11.6 Å². The number of nitrogens with zero attached hydrogens (tertiary/aromatic N) is 3. The molecule has 0 atom stereocenters. The maximum absolute atomic E-state index is 13.5. The number of halogens is 3. The summed E-state index contributed by atoms with van der Waals surface area (Å²) in [4.78, 5) is 17.8. The maximum atomic E-state index is 13.5. The fourth-order valence-electron chi connectivity index (χ4n) is 3.22. The minimum atomic E-state index is -2.66. The van der Waals surface area contributed by atoms with Crippen LogP contribution < -0.4 is 15.8 Å². The Bertz CT molecular complexity index is 1430. The molecule has 2 N–H and O–H groups in total. The van der Waals surface area contributed by atoms with E-state index in [1.54, 1.807) is 42.5 Å². The van der Waals surface area contributed by atoms with Gasteiger partial charge < -0.3 is 4.74 Å². The highest BCUT2D eigenvalue weighted by Crippen LogP contribution is 2.24. The number of alkyl halides is 2. The molecule has 32 heavy (non-hydrogen) atoms. The molecule has 0 aliphatic rings. The number of hydrogen-bond donors (Lipinski definition) is 2. The monoisotopic (exact) mass is 455 g/mol. The van der Waals surface area contributed by atoms with Crippen molar-refractivity contribution < 1.29 is 13.5 Å². The smallest absolute Gasteiger partial charge is 0.272 e. The second kappa shape index (κ2) is 8.72. The SMILES string of the molecule is N=Cn1cc(-c2cc3ccc(OCC(F)F)nc3n(-c3ccc(Cl)cc3)c2=O)ccc1=N. The number of aromatic nitrogens is 3. The Morgan fingerprint density at radius 2 is 1.88 bits per heavy atom. The summed E-state index contributed by atoms with van der Waals surface area (Å²) >= 11 is 5.99. The number of nitrogens with one attached hydrogen (secondary N) is 2. The minimum absolute atomic E-state index is 0.0344. The minimum Gasteiger partial charge on any atom is -0.472 e. The highest BCUT2D eigenvalue weighted by Gasteiger charge is 2.16. The second-order valence-corrected chi connectivity index (χ2v) is 7.22. The van der Waals surface area contributed by atoms with Crippen LogP contribution in [-0.4, -0.2) is 33.5 Å². The van der Waals surface area contributed by atoms with Crippen molar-refractivity contribution in [2.24, 2.45) is 0 Å². The lowest BCUT2D eigenvalue weighted by molar-refractivity contribution is 0.0797. The molecule has 0 unspecified atom stereocenters. The molecule has 4 aromatic rings. The average Bonchev–Trinajstić information content (AvgIpc) is 2.78. The van der Waals surface area contributed by atoms with Gasteiger partial charge in [-0.1, -0.05) is 11.6 Å². The van der Waals surface area contributed by atoms with Gasteiger partial charge in [0.05, 0.1) is 12.0 Å². The topological polar surface area (TPSA) is 96.8 Å². The Balaban J connectivity index is 2.00. The molecule has 10 heteroatoms. The molecule has 0 aliphatic heterocycles. The van der Waals surface area contributed by atoms with E-state index >= 15 is 0 Å². The summed E-state index contributed by atoms with van der Waals surface area (Å²) in [5, 5.41) is 16.4. The van der Waals surface area contributed by atoms with Crippen LogP contribution in [0.25, 0.3) is 27.8 Å². The summed E-state index contributed by atoms with van der Waals surface area (Å²) in [5.74, 6) is -0.0344. The van der Waals surface area contributed by atoms with Crippen molar-refractivity contribution in [3.05, 3.63) is 81.7 Å². The Morgan fingerprint density at radius 1 is 1.12 bits per heavy atom. The molecule has 0 bridgehead atoms. The zero-order chi connectivity index (χ0) is 22.8. The van der Waals surface area contributed by atoms with Gasteiger partial charge in [-0.2, -0.15) is 4.98 Å². The van der Waals surface area contributed by atoms with Gasteiger partial charge in [-0.3, -0.25) is 24.7 Å². The lowest BCUT2D eigenvalue weighted by atomic mass is 10.1. The summed E-state index contributed by atoms with van der Waals surface area (Å²) in [6.07, 6.45) is -0.176. The van der Waals surface area contributed by atoms with Crippen LogP contribution in [0.2, 0.25) is 5.02 Å². The van der Waals surface area contributed by atoms with E-state index in [0.29, 0.717) is 27.2 Å². The molecular formula is C22H16ClF2N5O2. The van der Waals surface area contributed by atoms with E-state index in [-0.39, 0.29) is 17.0 Å². The number of hydrogen-bond acceptors (Lipinski definition) is 5. The Kier molecular flexibility index (Phi) is 5.83. The highest BCUT2D eigenvalue weighted by molar-refractivity contribution is 6.30. The first-order chi connectivity index (χ1) is 15.4. The van der Waals surface area contributed by atoms with Crippen molar-refractivity contribution in [2.75, 3.05) is 6.61 Å². The molecular weight excluding hydrogens is 440 g/mol. The first-order valence-electron chi connectivity index (χ1n) is 9.39. The lowest BCUT2D eigenvalue weighted by Gasteiger charge is -2.14. The predicted octanol–water partition coefficient (Wildman–Crippen LogP) is 4.09. The molecule has 0 amide bonds. The van der Waals surface area contributed by atoms with E-state index in [9.17, 15) is 13.6 Å². The molecule has 0 radical (unpaired) electrons. The quantitative estimate of drug-likeness (QED) is 0.338. The molecule has 1 aromatic carbocycles. The van der Waals surface area contributed by atoms with Gasteiger partial charge in [0.15, 0.2) is 12.3 Å². The Hall–Kier alpha value is -3.85. The van der Waals surface area contributed by atoms with Gasteiger partial charge in [0.2, 0.25) is 5.88 Å². The van der Waals surface area contributed by atoms with E-state index in [2.05, 4.69) is 4.98 Å². The molecule has 4 rings (SSSR count). The van der Waals surface area contributed by atoms with E-state index in [1.165, 1.54) is 27.5 Å². The van der Waals surface area contributed by atoms with Gasteiger partial charge in [0, 0.05) is 33.8 Å². The van der Waals surface area contributed by atoms with E-state index in [0.717, 1.165) is 6.34 Å². The lowest BCUT2D eigenvalue weighted by Crippen LogP contribution is -2.23. The summed E-state index contributed by atoms with van der Waals surface area (Å²) in [5.41, 5.74) is 1.17. The van der Waals surface area contributed by atoms with Crippen molar-refractivity contribution in [1.29, 1.82) is 10.8 Å². The first kappa shape index (κ1) is 21.4. The average molecular weight is 456 g/mol. The molecule has 0 fully saturated rings. The fourth-order valence-corrected chi connectivity index (χ4v) is 3.34. The third-order valence-corrected chi connectivity index (χ3v) is 4.95. The number of fused-ring (bicyclic) bond motifs is 1. The van der Waals surface area contributed by atoms with Crippen LogP contribution in [0, 0.1) is 10.8 Å². The molecule has 162 valence electrons. The maximum Gasteiger partial charge on any atom is 0.272 e. The number of rotatable bonds is 6. The predicted molar refractivity (Wildman–Crippen MR) is 117 cm³/mol. The zero-order valence-electron chi connectivity index (χ0n) is 16.4. The van der Waals surface area contributed by atoms with E-state index < -0.39 is 18.6 Å². The molecule has 3 heterocycles. The Morgan fingerprint density at radius 3 is 2.56 bits per heavy atom. The van der Waals surface area contributed by atoms with Crippen molar-refractivity contribution in [3.8, 4) is 22.7 Å². The normalized spacial score (nSPS) is 11.1. The molecule has 0 aliphatic carbocycles. The molecule has 7 nitrogen and oxygen atoms in total. The number of ether oxygens (including phenoxy) is 1. The second-order valence-electron chi connectivity index (χ2n) is 6.78. The van der Waals surface area contributed by atoms with Crippen LogP contribution in [-0.2, 0) is 0 Å². The Labute approximate surface area is 185 Å². The van der Waals surface area contributed by atoms with Gasteiger partial charge in [-0.15, -0.1) is 0 Å². The van der Waals surface area contributed by atoms with Crippen LogP contribution in [0.4, 0.5) is 8.78 Å². The van der Waals surface area contributed by atoms with Crippen LogP contribution in [0.15, 0.2) is 65.6 Å². The van der Waals surface area contributed by atoms with Gasteiger partial charge in [-0.25, -0.2) is 8.78 Å². The van der Waals surface area contributed by atoms with Crippen molar-refractivity contribution >= 4 is 29.0 Å². The molecule has 0 saturated carbocycles. The molecule has 0 spiro atoms. The van der Waals surface area contributed by atoms with E-state index in [4.69, 9.17) is 27.2 Å². The van der Waals surface area contributed by atoms with Gasteiger partial charge >= 0.3 is 0 Å². The van der Waals surface area contributed by atoms with Gasteiger partial charge in [0.25, 0.3) is 12.0 Å². The van der Waals surface area contributed by atoms with Crippen LogP contribution in [0.1, 0.15) is 0 Å². The van der Waals surface area contributed by atoms with Crippen LogP contribution in [0.5, 0.6) is 5.88 Å². The zero-order valence-corrected chi connectivity index (χ0v) is 17.2. The number of pyridine rings is 3. The van der Waals surface area contributed by atoms with Crippen molar-refractivity contribution in [3.63, 3.8) is 0 Å².